The van der Waals surface area contributed by atoms with Gasteiger partial charge in [0, 0.05) is 25.0 Å². The van der Waals surface area contributed by atoms with Crippen LogP contribution in [0.4, 0.5) is 0 Å². The maximum Gasteiger partial charge on any atom is 0.339 e. The van der Waals surface area contributed by atoms with Gasteiger partial charge in [0.2, 0.25) is 0 Å². The van der Waals surface area contributed by atoms with Crippen molar-refractivity contribution in [2.75, 3.05) is 6.61 Å². The number of pyridine rings is 2. The van der Waals surface area contributed by atoms with Gasteiger partial charge in [0.15, 0.2) is 5.78 Å². The van der Waals surface area contributed by atoms with E-state index in [9.17, 15) is 9.59 Å². The number of Topliss-reactive ketones (excluding diaryl/α,β-unsaturated/α-hetero) is 1. The van der Waals surface area contributed by atoms with E-state index in [1.807, 2.05) is 6.07 Å². The van der Waals surface area contributed by atoms with Crippen LogP contribution in [0.25, 0.3) is 0 Å². The zero-order valence-corrected chi connectivity index (χ0v) is 12.2. The Balaban J connectivity index is 1.85. The largest absolute Gasteiger partial charge is 0.462 e. The molecule has 1 atom stereocenters. The molecule has 0 radical (unpaired) electrons. The van der Waals surface area contributed by atoms with Gasteiger partial charge < -0.3 is 10.5 Å². The van der Waals surface area contributed by atoms with Crippen molar-refractivity contribution in [1.82, 2.24) is 9.97 Å². The van der Waals surface area contributed by atoms with E-state index in [-0.39, 0.29) is 12.4 Å². The summed E-state index contributed by atoms with van der Waals surface area (Å²) in [5.41, 5.74) is 7.56. The van der Waals surface area contributed by atoms with E-state index in [2.05, 4.69) is 9.97 Å². The topological polar surface area (TPSA) is 95.2 Å². The summed E-state index contributed by atoms with van der Waals surface area (Å²) in [6, 6.07) is 6.16. The monoisotopic (exact) mass is 299 g/mol. The smallest absolute Gasteiger partial charge is 0.339 e. The second-order valence-corrected chi connectivity index (χ2v) is 4.81. The quantitative estimate of drug-likeness (QED) is 0.811. The van der Waals surface area contributed by atoms with Crippen molar-refractivity contribution in [2.45, 2.75) is 19.4 Å². The number of nitrogens with zero attached hydrogens (tertiary/aromatic N) is 2. The molecule has 2 rings (SSSR count). The number of carbonyl (C=O) groups is 2. The molecule has 0 aliphatic carbocycles. The summed E-state index contributed by atoms with van der Waals surface area (Å²) in [4.78, 5) is 30.9. The molecule has 1 unspecified atom stereocenters. The SMILES string of the molecule is CC(=O)C(N)c1ccc(CCOC(=O)c2cccnc2)cn1. The number of aromatic nitrogens is 2. The lowest BCUT2D eigenvalue weighted by Crippen LogP contribution is -2.19. The molecule has 0 aliphatic heterocycles. The maximum atomic E-state index is 11.7. The van der Waals surface area contributed by atoms with Gasteiger partial charge in [0.1, 0.15) is 6.04 Å². The Morgan fingerprint density at radius 2 is 2.09 bits per heavy atom. The molecule has 2 aromatic heterocycles. The molecule has 0 fully saturated rings. The first-order valence-corrected chi connectivity index (χ1v) is 6.86. The summed E-state index contributed by atoms with van der Waals surface area (Å²) in [6.45, 7) is 1.67. The van der Waals surface area contributed by atoms with Crippen LogP contribution in [0, 0.1) is 0 Å². The summed E-state index contributed by atoms with van der Waals surface area (Å²) in [5, 5.41) is 0. The van der Waals surface area contributed by atoms with Crippen LogP contribution in [0.15, 0.2) is 42.9 Å². The van der Waals surface area contributed by atoms with Crippen molar-refractivity contribution >= 4 is 11.8 Å². The number of esters is 1. The normalized spacial score (nSPS) is 11.7. The van der Waals surface area contributed by atoms with Crippen LogP contribution in [0.2, 0.25) is 0 Å². The van der Waals surface area contributed by atoms with Crippen LogP contribution in [0.5, 0.6) is 0 Å². The summed E-state index contributed by atoms with van der Waals surface area (Å²) in [7, 11) is 0. The number of hydrogen-bond acceptors (Lipinski definition) is 6. The Morgan fingerprint density at radius 1 is 1.27 bits per heavy atom. The van der Waals surface area contributed by atoms with Crippen LogP contribution in [0.3, 0.4) is 0 Å². The minimum absolute atomic E-state index is 0.134. The molecule has 2 heterocycles. The lowest BCUT2D eigenvalue weighted by atomic mass is 10.1. The van der Waals surface area contributed by atoms with E-state index in [1.165, 1.54) is 13.1 Å². The van der Waals surface area contributed by atoms with Gasteiger partial charge in [-0.3, -0.25) is 14.8 Å². The molecule has 6 nitrogen and oxygen atoms in total. The predicted octanol–water partition coefficient (Wildman–Crippen LogP) is 1.46. The zero-order chi connectivity index (χ0) is 15.9. The third-order valence-corrected chi connectivity index (χ3v) is 3.13. The molecule has 2 N–H and O–H groups in total. The first kappa shape index (κ1) is 15.8. The average molecular weight is 299 g/mol. The number of ketones is 1. The first-order chi connectivity index (χ1) is 10.6. The fourth-order valence-corrected chi connectivity index (χ4v) is 1.80. The highest BCUT2D eigenvalue weighted by molar-refractivity contribution is 5.88. The van der Waals surface area contributed by atoms with Crippen LogP contribution in [-0.2, 0) is 16.0 Å². The minimum Gasteiger partial charge on any atom is -0.462 e. The van der Waals surface area contributed by atoms with E-state index in [1.54, 1.807) is 30.6 Å². The molecule has 0 aliphatic rings. The average Bonchev–Trinajstić information content (AvgIpc) is 2.55. The standard InChI is InChI=1S/C16H17N3O3/c1-11(20)15(17)14-5-4-12(9-19-14)6-8-22-16(21)13-3-2-7-18-10-13/h2-5,7,9-10,15H,6,8,17H2,1H3. The number of hydrogen-bond donors (Lipinski definition) is 1. The van der Waals surface area contributed by atoms with Gasteiger partial charge in [0.05, 0.1) is 17.9 Å². The number of nitrogens with two attached hydrogens (primary N) is 1. The van der Waals surface area contributed by atoms with E-state index < -0.39 is 12.0 Å². The molecule has 0 bridgehead atoms. The molecule has 114 valence electrons. The molecule has 22 heavy (non-hydrogen) atoms. The van der Waals surface area contributed by atoms with Crippen molar-refractivity contribution in [3.8, 4) is 0 Å². The Labute approximate surface area is 128 Å². The van der Waals surface area contributed by atoms with E-state index >= 15 is 0 Å². The Kier molecular flexibility index (Phi) is 5.32. The molecule has 0 saturated heterocycles. The fraction of sp³-hybridized carbons (Fsp3) is 0.250. The molecule has 0 saturated carbocycles. The van der Waals surface area contributed by atoms with Crippen molar-refractivity contribution in [2.24, 2.45) is 5.73 Å². The third kappa shape index (κ3) is 4.20. The van der Waals surface area contributed by atoms with E-state index in [4.69, 9.17) is 10.5 Å². The summed E-state index contributed by atoms with van der Waals surface area (Å²) >= 11 is 0. The highest BCUT2D eigenvalue weighted by Gasteiger charge is 2.12. The molecule has 0 amide bonds. The van der Waals surface area contributed by atoms with Gasteiger partial charge in [-0.2, -0.15) is 0 Å². The number of rotatable bonds is 6. The summed E-state index contributed by atoms with van der Waals surface area (Å²) in [6.07, 6.45) is 5.22. The van der Waals surface area contributed by atoms with Gasteiger partial charge in [-0.15, -0.1) is 0 Å². The molecule has 6 heteroatoms. The van der Waals surface area contributed by atoms with E-state index in [0.717, 1.165) is 5.56 Å². The molecular weight excluding hydrogens is 282 g/mol. The third-order valence-electron chi connectivity index (χ3n) is 3.13. The van der Waals surface area contributed by atoms with Gasteiger partial charge in [0.25, 0.3) is 0 Å². The molecule has 2 aromatic rings. The van der Waals surface area contributed by atoms with Gasteiger partial charge in [-0.05, 0) is 30.7 Å². The molecule has 0 spiro atoms. The summed E-state index contributed by atoms with van der Waals surface area (Å²) in [5.74, 6) is -0.540. The molecule has 0 aromatic carbocycles. The first-order valence-electron chi connectivity index (χ1n) is 6.86. The van der Waals surface area contributed by atoms with Crippen molar-refractivity contribution in [3.63, 3.8) is 0 Å². The molecular formula is C16H17N3O3. The van der Waals surface area contributed by atoms with Gasteiger partial charge >= 0.3 is 5.97 Å². The lowest BCUT2D eigenvalue weighted by Gasteiger charge is -2.08. The fourth-order valence-electron chi connectivity index (χ4n) is 1.80. The van der Waals surface area contributed by atoms with Crippen molar-refractivity contribution in [3.05, 3.63) is 59.7 Å². The maximum absolute atomic E-state index is 11.7. The van der Waals surface area contributed by atoms with Gasteiger partial charge in [-0.25, -0.2) is 4.79 Å². The highest BCUT2D eigenvalue weighted by Crippen LogP contribution is 2.10. The van der Waals surface area contributed by atoms with Crippen LogP contribution >= 0.6 is 0 Å². The van der Waals surface area contributed by atoms with Crippen molar-refractivity contribution < 1.29 is 14.3 Å². The second kappa shape index (κ2) is 7.42. The number of carbonyl (C=O) groups excluding carboxylic acids is 2. The zero-order valence-electron chi connectivity index (χ0n) is 12.2. The van der Waals surface area contributed by atoms with Gasteiger partial charge in [-0.1, -0.05) is 6.07 Å². The minimum atomic E-state index is -0.697. The highest BCUT2D eigenvalue weighted by atomic mass is 16.5. The van der Waals surface area contributed by atoms with E-state index in [0.29, 0.717) is 17.7 Å². The second-order valence-electron chi connectivity index (χ2n) is 4.81. The predicted molar refractivity (Wildman–Crippen MR) is 80.1 cm³/mol. The van der Waals surface area contributed by atoms with Crippen molar-refractivity contribution in [1.29, 1.82) is 0 Å². The Morgan fingerprint density at radius 3 is 2.68 bits per heavy atom. The number of ether oxygens (including phenoxy) is 1. The van der Waals surface area contributed by atoms with Crippen LogP contribution in [0.1, 0.15) is 34.6 Å². The summed E-state index contributed by atoms with van der Waals surface area (Å²) < 4.78 is 5.16. The Hall–Kier alpha value is -2.60. The van der Waals surface area contributed by atoms with Crippen LogP contribution < -0.4 is 5.73 Å². The van der Waals surface area contributed by atoms with Crippen LogP contribution in [-0.4, -0.2) is 28.3 Å². The lowest BCUT2D eigenvalue weighted by molar-refractivity contribution is -0.118. The Bertz CT molecular complexity index is 641.